The fraction of sp³-hybridized carbons (Fsp3) is 0.800. The summed E-state index contributed by atoms with van der Waals surface area (Å²) in [5.41, 5.74) is -3.78. The Morgan fingerprint density at radius 1 is 0.354 bits per heavy atom. The van der Waals surface area contributed by atoms with Gasteiger partial charge in [0.15, 0.2) is 0 Å². The van der Waals surface area contributed by atoms with Crippen molar-refractivity contribution in [3.63, 3.8) is 0 Å². The van der Waals surface area contributed by atoms with Crippen LogP contribution >= 0.6 is 0 Å². The van der Waals surface area contributed by atoms with Crippen LogP contribution in [0.1, 0.15) is 160 Å². The number of hydrogen-bond acceptors (Lipinski definition) is 12. The molecule has 0 amide bonds. The van der Waals surface area contributed by atoms with Crippen molar-refractivity contribution in [2.75, 3.05) is 0 Å². The van der Waals surface area contributed by atoms with Crippen molar-refractivity contribution in [2.45, 2.75) is 160 Å². The van der Waals surface area contributed by atoms with Crippen molar-refractivity contribution in [1.29, 1.82) is 0 Å². The van der Waals surface area contributed by atoms with Crippen LogP contribution in [0.15, 0.2) is 0 Å². The van der Waals surface area contributed by atoms with E-state index in [4.69, 9.17) is 0 Å². The van der Waals surface area contributed by atoms with Crippen LogP contribution in [-0.2, 0) is 74.6 Å². The third-order valence-electron chi connectivity index (χ3n) is 26.0. The van der Waals surface area contributed by atoms with Gasteiger partial charge in [0.25, 0.3) is 0 Å². The summed E-state index contributed by atoms with van der Waals surface area (Å²) < 4.78 is 0. The van der Waals surface area contributed by atoms with Gasteiger partial charge in [0, 0.05) is 94.7 Å². The molecule has 20 unspecified atom stereocenters. The molecule has 1 radical (unpaired) electrons. The van der Waals surface area contributed by atoms with Crippen LogP contribution in [0.5, 0.6) is 0 Å². The van der Waals surface area contributed by atoms with Crippen LogP contribution in [0.25, 0.3) is 0 Å². The van der Waals surface area contributed by atoms with Gasteiger partial charge in [0.05, 0.1) is 23.7 Å². The van der Waals surface area contributed by atoms with Gasteiger partial charge in [-0.15, -0.1) is 0 Å². The van der Waals surface area contributed by atoms with E-state index in [0.717, 1.165) is 25.7 Å². The minimum Gasteiger partial charge on any atom is -0.481 e. The number of ketones is 8. The Kier molecular flexibility index (Phi) is 16.1. The molecule has 0 spiro atoms. The summed E-state index contributed by atoms with van der Waals surface area (Å²) in [4.78, 5) is 146. The van der Waals surface area contributed by atoms with Gasteiger partial charge in [-0.3, -0.25) is 57.5 Å². The molecule has 441 valence electrons. The monoisotopic (exact) mass is 1160 g/mol. The summed E-state index contributed by atoms with van der Waals surface area (Å²) in [5.74, 6) is -7.83. The summed E-state index contributed by atoms with van der Waals surface area (Å²) in [6.45, 7) is 22.3. The van der Waals surface area contributed by atoms with Gasteiger partial charge in [-0.1, -0.05) is 83.1 Å². The van der Waals surface area contributed by atoms with Crippen LogP contribution in [0.3, 0.4) is 0 Å². The number of aliphatic carboxylic acids is 4. The molecule has 0 aromatic carbocycles. The third kappa shape index (κ3) is 7.57. The van der Waals surface area contributed by atoms with Crippen molar-refractivity contribution < 1.29 is 106 Å². The maximum absolute atomic E-state index is 12.9. The molecule has 12 aliphatic carbocycles. The summed E-state index contributed by atoms with van der Waals surface area (Å²) >= 11 is 0. The van der Waals surface area contributed by atoms with E-state index in [1.807, 2.05) is 27.7 Å². The fourth-order valence-electron chi connectivity index (χ4n) is 21.6. The van der Waals surface area contributed by atoms with Crippen molar-refractivity contribution in [2.24, 2.45) is 138 Å². The molecule has 12 fully saturated rings. The quantitative estimate of drug-likeness (QED) is 0.202. The van der Waals surface area contributed by atoms with Crippen molar-refractivity contribution in [1.82, 2.24) is 0 Å². The molecule has 79 heavy (non-hydrogen) atoms. The molecule has 0 heterocycles. The van der Waals surface area contributed by atoms with E-state index >= 15 is 0 Å². The predicted molar refractivity (Wildman–Crippen MR) is 277 cm³/mol. The number of Topliss-reactive ketones (excluding diaryl/α,β-unsaturated/α-hetero) is 8. The summed E-state index contributed by atoms with van der Waals surface area (Å²) in [6.07, 6.45) is 7.60. The Hall–Kier alpha value is -4.32. The molecule has 12 rings (SSSR count). The molecule has 0 aromatic rings. The molecule has 8 N–H and O–H groups in total. The van der Waals surface area contributed by atoms with E-state index in [1.54, 1.807) is 27.7 Å². The second-order valence-electron chi connectivity index (χ2n) is 27.8. The van der Waals surface area contributed by atoms with Crippen LogP contribution in [-0.4, -0.2) is 102 Å². The van der Waals surface area contributed by atoms with Gasteiger partial charge in [-0.05, 0) is 96.7 Å². The first-order chi connectivity index (χ1) is 35.1. The van der Waals surface area contributed by atoms with Crippen molar-refractivity contribution in [3.8, 4) is 0 Å². The Morgan fingerprint density at radius 3 is 0.646 bits per heavy atom. The third-order valence-corrected chi connectivity index (χ3v) is 26.0. The zero-order chi connectivity index (χ0) is 56.7. The first-order valence-corrected chi connectivity index (χ1v) is 28.3. The van der Waals surface area contributed by atoms with Gasteiger partial charge < -0.3 is 31.4 Å². The number of hydrogen-bond donors (Lipinski definition) is 4. The molecular formula is C60H84CuO18+2. The molecule has 12 aliphatic rings. The largest absolute Gasteiger partial charge is 2.00 e. The molecule has 0 aromatic heterocycles. The number of carbonyl (C=O) groups is 12. The molecule has 0 aliphatic heterocycles. The first-order valence-electron chi connectivity index (χ1n) is 28.3. The zero-order valence-corrected chi connectivity index (χ0v) is 48.7. The maximum atomic E-state index is 12.9. The van der Waals surface area contributed by atoms with Crippen LogP contribution < -0.4 is 0 Å². The molecule has 16 bridgehead atoms. The molecule has 24 atom stereocenters. The minimum atomic E-state index is -0.912. The van der Waals surface area contributed by atoms with Gasteiger partial charge in [0.2, 0.25) is 0 Å². The van der Waals surface area contributed by atoms with E-state index in [-0.39, 0.29) is 167 Å². The Balaban J connectivity index is 0.000000168. The van der Waals surface area contributed by atoms with E-state index < -0.39 is 69.2 Å². The summed E-state index contributed by atoms with van der Waals surface area (Å²) in [5, 5.41) is 37.5. The zero-order valence-electron chi connectivity index (χ0n) is 47.7. The van der Waals surface area contributed by atoms with Gasteiger partial charge in [-0.25, -0.2) is 0 Å². The van der Waals surface area contributed by atoms with E-state index in [2.05, 4.69) is 27.7 Å². The number of rotatable bonds is 8. The molecule has 0 saturated heterocycles. The van der Waals surface area contributed by atoms with Gasteiger partial charge in [-0.2, -0.15) is 0 Å². The van der Waals surface area contributed by atoms with Gasteiger partial charge >= 0.3 is 40.9 Å². The van der Waals surface area contributed by atoms with Crippen molar-refractivity contribution in [3.05, 3.63) is 0 Å². The molecule has 12 saturated carbocycles. The smallest absolute Gasteiger partial charge is 0.481 e. The SMILES string of the molecule is CC1C(=O)CC2C3(C)CCC2([C@H](C)C(=O)O)C(=O)C13.CC1C(=O)CC2C3(C)CCC2([C@H](C)C(=O)O)C(=O)C13.CC1C(=O)CC2C3(C)CCC2([C@H](C)C(=O)O)C(=O)C13.CC1C(=O)CC2C3(C)CCC2([C@H](C)C(=O)O)C(=O)C13.O.O.[Cu+2]. The number of carboxylic acid groups (broad SMARTS) is 4. The second kappa shape index (κ2) is 19.9. The van der Waals surface area contributed by atoms with Crippen LogP contribution in [0, 0.1) is 138 Å². The van der Waals surface area contributed by atoms with Crippen molar-refractivity contribution >= 4 is 70.1 Å². The van der Waals surface area contributed by atoms with E-state index in [9.17, 15) is 78.0 Å². The second-order valence-corrected chi connectivity index (χ2v) is 27.8. The summed E-state index contributed by atoms with van der Waals surface area (Å²) in [7, 11) is 0. The average molecular weight is 1160 g/mol. The van der Waals surface area contributed by atoms with Crippen LogP contribution in [0.4, 0.5) is 0 Å². The summed E-state index contributed by atoms with van der Waals surface area (Å²) in [6, 6.07) is 0. The van der Waals surface area contributed by atoms with E-state index in [1.165, 1.54) is 0 Å². The first kappa shape index (κ1) is 63.9. The standard InChI is InChI=1S/4C15H20O4.Cu.2H2O/c4*1-7-9(16)6-10-14(3)4-5-15(10,8(2)13(18)19)12(17)11(7)14;;;/h4*7-8,10-11H,4-6H2,1-3H3,(H,18,19);;2*1H2/q;;;;+2;;/t4*7?,8-,10?,11?,14?,15?;;;/m1111.../s1. The molecule has 18 nitrogen and oxygen atoms in total. The van der Waals surface area contributed by atoms with Crippen LogP contribution in [0.2, 0.25) is 0 Å². The topological polar surface area (TPSA) is 349 Å². The Labute approximate surface area is 472 Å². The Morgan fingerprint density at radius 2 is 0.506 bits per heavy atom. The molecule has 19 heteroatoms. The normalized spacial score (nSPS) is 47.6. The number of carbonyl (C=O) groups excluding carboxylic acids is 8. The Bertz CT molecular complexity index is 2360. The predicted octanol–water partition coefficient (Wildman–Crippen LogP) is 6.02. The number of carboxylic acids is 4. The maximum Gasteiger partial charge on any atom is 2.00 e. The van der Waals surface area contributed by atoms with E-state index in [0.29, 0.717) is 51.4 Å². The molecular weight excluding hydrogens is 1070 g/mol. The average Bonchev–Trinajstić information content (AvgIpc) is 4.19. The fourth-order valence-corrected chi connectivity index (χ4v) is 21.6. The van der Waals surface area contributed by atoms with Gasteiger partial charge in [0.1, 0.15) is 46.3 Å². The minimum absolute atomic E-state index is 0.